The fourth-order valence-electron chi connectivity index (χ4n) is 4.16. The lowest BCUT2D eigenvalue weighted by atomic mass is 9.97. The van der Waals surface area contributed by atoms with Crippen LogP contribution in [0.3, 0.4) is 0 Å². The summed E-state index contributed by atoms with van der Waals surface area (Å²) >= 11 is 0. The molecule has 1 amide bonds. The van der Waals surface area contributed by atoms with Crippen molar-refractivity contribution in [2.75, 3.05) is 13.6 Å². The van der Waals surface area contributed by atoms with Gasteiger partial charge in [-0.15, -0.1) is 0 Å². The van der Waals surface area contributed by atoms with Crippen LogP contribution in [0.15, 0.2) is 57.7 Å². The summed E-state index contributed by atoms with van der Waals surface area (Å²) in [6.07, 6.45) is 1.68. The van der Waals surface area contributed by atoms with E-state index < -0.39 is 23.6 Å². The molecule has 4 rings (SSSR count). The molecule has 1 atom stereocenters. The van der Waals surface area contributed by atoms with Gasteiger partial charge in [-0.05, 0) is 56.5 Å². The van der Waals surface area contributed by atoms with Crippen LogP contribution < -0.4 is 5.63 Å². The van der Waals surface area contributed by atoms with Crippen molar-refractivity contribution >= 4 is 22.8 Å². The third-order valence-electron chi connectivity index (χ3n) is 6.11. The van der Waals surface area contributed by atoms with E-state index in [0.29, 0.717) is 17.1 Å². The van der Waals surface area contributed by atoms with Gasteiger partial charge in [-0.3, -0.25) is 4.79 Å². The SMILES string of the molecule is CC(CN(C)C(=O)OC(C)(C)C)C(=O)OCc1ccc(-c2oc(=O)c3ccccc3c2C2CC2)cc1. The molecule has 0 bridgehead atoms. The average Bonchev–Trinajstić information content (AvgIpc) is 3.67. The number of hydrogen-bond acceptors (Lipinski definition) is 6. The topological polar surface area (TPSA) is 86.1 Å². The van der Waals surface area contributed by atoms with Crippen LogP contribution in [0.1, 0.15) is 57.6 Å². The molecule has 1 heterocycles. The van der Waals surface area contributed by atoms with Crippen molar-refractivity contribution in [3.05, 3.63) is 70.1 Å². The summed E-state index contributed by atoms with van der Waals surface area (Å²) < 4.78 is 16.6. The smallest absolute Gasteiger partial charge is 0.410 e. The summed E-state index contributed by atoms with van der Waals surface area (Å²) in [4.78, 5) is 38.6. The summed E-state index contributed by atoms with van der Waals surface area (Å²) in [7, 11) is 1.59. The maximum absolute atomic E-state index is 12.6. The molecular weight excluding hydrogens is 458 g/mol. The van der Waals surface area contributed by atoms with E-state index in [0.717, 1.165) is 34.9 Å². The van der Waals surface area contributed by atoms with Gasteiger partial charge >= 0.3 is 17.7 Å². The molecule has 1 aromatic heterocycles. The Morgan fingerprint density at radius 2 is 1.69 bits per heavy atom. The largest absolute Gasteiger partial charge is 0.461 e. The van der Waals surface area contributed by atoms with Gasteiger partial charge in [-0.2, -0.15) is 0 Å². The van der Waals surface area contributed by atoms with Crippen LogP contribution in [0.5, 0.6) is 0 Å². The second-order valence-corrected chi connectivity index (χ2v) is 10.5. The van der Waals surface area contributed by atoms with Crippen LogP contribution >= 0.6 is 0 Å². The second kappa shape index (κ2) is 10.2. The van der Waals surface area contributed by atoms with Crippen LogP contribution in [0.25, 0.3) is 22.1 Å². The Balaban J connectivity index is 1.41. The fraction of sp³-hybridized carbons (Fsp3) is 0.414. The lowest BCUT2D eigenvalue weighted by Gasteiger charge is -2.26. The number of carbonyl (C=O) groups is 2. The van der Waals surface area contributed by atoms with E-state index in [1.807, 2.05) is 42.5 Å². The van der Waals surface area contributed by atoms with Crippen molar-refractivity contribution in [1.82, 2.24) is 4.90 Å². The van der Waals surface area contributed by atoms with Gasteiger partial charge in [0.1, 0.15) is 18.0 Å². The lowest BCUT2D eigenvalue weighted by Crippen LogP contribution is -2.38. The van der Waals surface area contributed by atoms with Crippen LogP contribution in [0, 0.1) is 5.92 Å². The summed E-state index contributed by atoms with van der Waals surface area (Å²) in [5.74, 6) is 0.111. The molecule has 1 saturated carbocycles. The van der Waals surface area contributed by atoms with Crippen molar-refractivity contribution in [2.45, 2.75) is 58.7 Å². The standard InChI is InChI=1S/C29H33NO6/c1-18(16-30(5)28(33)36-29(2,3)4)26(31)34-17-19-10-12-21(13-11-19)25-24(20-14-15-20)22-8-6-7-9-23(22)27(32)35-25/h6-13,18,20H,14-17H2,1-5H3. The van der Waals surface area contributed by atoms with Gasteiger partial charge in [0.2, 0.25) is 0 Å². The average molecular weight is 492 g/mol. The molecule has 0 spiro atoms. The predicted molar refractivity (Wildman–Crippen MR) is 138 cm³/mol. The van der Waals surface area contributed by atoms with Gasteiger partial charge in [-0.1, -0.05) is 49.4 Å². The van der Waals surface area contributed by atoms with Crippen molar-refractivity contribution in [3.63, 3.8) is 0 Å². The molecule has 1 unspecified atom stereocenters. The maximum Gasteiger partial charge on any atom is 0.410 e. The van der Waals surface area contributed by atoms with Gasteiger partial charge in [0, 0.05) is 24.7 Å². The summed E-state index contributed by atoms with van der Waals surface area (Å²) in [6.45, 7) is 7.40. The number of ether oxygens (including phenoxy) is 2. The number of nitrogens with zero attached hydrogens (tertiary/aromatic N) is 1. The normalized spacial score (nSPS) is 14.4. The van der Waals surface area contributed by atoms with Crippen molar-refractivity contribution in [1.29, 1.82) is 0 Å². The van der Waals surface area contributed by atoms with Crippen LogP contribution in [-0.2, 0) is 20.9 Å². The van der Waals surface area contributed by atoms with Crippen LogP contribution in [0.4, 0.5) is 4.79 Å². The third kappa shape index (κ3) is 5.96. The van der Waals surface area contributed by atoms with E-state index in [9.17, 15) is 14.4 Å². The highest BCUT2D eigenvalue weighted by molar-refractivity contribution is 5.89. The molecule has 0 N–H and O–H groups in total. The first-order chi connectivity index (χ1) is 17.0. The van der Waals surface area contributed by atoms with Crippen LogP contribution in [-0.4, -0.2) is 36.2 Å². The molecule has 0 aliphatic heterocycles. The number of hydrogen-bond donors (Lipinski definition) is 0. The lowest BCUT2D eigenvalue weighted by molar-refractivity contribution is -0.149. The van der Waals surface area contributed by atoms with E-state index >= 15 is 0 Å². The number of fused-ring (bicyclic) bond motifs is 1. The number of esters is 1. The van der Waals surface area contributed by atoms with E-state index in [1.165, 1.54) is 4.90 Å². The highest BCUT2D eigenvalue weighted by Crippen LogP contribution is 2.46. The minimum Gasteiger partial charge on any atom is -0.461 e. The van der Waals surface area contributed by atoms with E-state index in [-0.39, 0.29) is 18.8 Å². The first-order valence-electron chi connectivity index (χ1n) is 12.3. The Hall–Kier alpha value is -3.61. The molecule has 36 heavy (non-hydrogen) atoms. The zero-order chi connectivity index (χ0) is 26.0. The van der Waals surface area contributed by atoms with Gasteiger partial charge < -0.3 is 18.8 Å². The highest BCUT2D eigenvalue weighted by Gasteiger charge is 2.31. The van der Waals surface area contributed by atoms with Gasteiger partial charge in [-0.25, -0.2) is 9.59 Å². The zero-order valence-electron chi connectivity index (χ0n) is 21.5. The maximum atomic E-state index is 12.6. The Kier molecular flexibility index (Phi) is 7.20. The zero-order valence-corrected chi connectivity index (χ0v) is 21.5. The van der Waals surface area contributed by atoms with Gasteiger partial charge in [0.15, 0.2) is 0 Å². The molecule has 3 aromatic rings. The van der Waals surface area contributed by atoms with Gasteiger partial charge in [0.05, 0.1) is 11.3 Å². The minimum absolute atomic E-state index is 0.108. The predicted octanol–water partition coefficient (Wildman–Crippen LogP) is 5.88. The number of benzene rings is 2. The molecule has 0 saturated heterocycles. The Bertz CT molecular complexity index is 1310. The molecule has 7 heteroatoms. The molecule has 190 valence electrons. The monoisotopic (exact) mass is 491 g/mol. The van der Waals surface area contributed by atoms with E-state index in [4.69, 9.17) is 13.9 Å². The quantitative estimate of drug-likeness (QED) is 0.384. The van der Waals surface area contributed by atoms with E-state index in [2.05, 4.69) is 0 Å². The number of carbonyl (C=O) groups excluding carboxylic acids is 2. The first kappa shape index (κ1) is 25.5. The first-order valence-corrected chi connectivity index (χ1v) is 12.3. The summed E-state index contributed by atoms with van der Waals surface area (Å²) in [5.41, 5.74) is 1.79. The van der Waals surface area contributed by atoms with Crippen molar-refractivity contribution < 1.29 is 23.5 Å². The number of amides is 1. The molecular formula is C29H33NO6. The molecule has 7 nitrogen and oxygen atoms in total. The van der Waals surface area contributed by atoms with Crippen molar-refractivity contribution in [2.24, 2.45) is 5.92 Å². The molecule has 1 aliphatic rings. The summed E-state index contributed by atoms with van der Waals surface area (Å²) in [5, 5.41) is 1.56. The van der Waals surface area contributed by atoms with E-state index in [1.54, 1.807) is 40.8 Å². The fourth-order valence-corrected chi connectivity index (χ4v) is 4.16. The third-order valence-corrected chi connectivity index (χ3v) is 6.11. The molecule has 1 aliphatic carbocycles. The Morgan fingerprint density at radius 3 is 2.31 bits per heavy atom. The van der Waals surface area contributed by atoms with Crippen molar-refractivity contribution in [3.8, 4) is 11.3 Å². The highest BCUT2D eigenvalue weighted by atomic mass is 16.6. The Morgan fingerprint density at radius 1 is 1.06 bits per heavy atom. The summed E-state index contributed by atoms with van der Waals surface area (Å²) in [6, 6.07) is 15.1. The Labute approximate surface area is 211 Å². The van der Waals surface area contributed by atoms with Gasteiger partial charge in [0.25, 0.3) is 0 Å². The molecule has 2 aromatic carbocycles. The molecule has 1 fully saturated rings. The molecule has 0 radical (unpaired) electrons. The second-order valence-electron chi connectivity index (χ2n) is 10.5. The number of rotatable bonds is 7. The minimum atomic E-state index is -0.601. The van der Waals surface area contributed by atoms with Crippen LogP contribution in [0.2, 0.25) is 0 Å².